The molecule has 0 fully saturated rings. The van der Waals surface area contributed by atoms with Crippen LogP contribution < -0.4 is 10.3 Å². The van der Waals surface area contributed by atoms with Gasteiger partial charge in [-0.25, -0.2) is 4.98 Å². The van der Waals surface area contributed by atoms with E-state index in [2.05, 4.69) is 24.3 Å². The molecule has 0 saturated heterocycles. The number of ether oxygens (including phenoxy) is 1. The van der Waals surface area contributed by atoms with E-state index in [4.69, 9.17) is 9.72 Å². The van der Waals surface area contributed by atoms with Crippen molar-refractivity contribution in [2.45, 2.75) is 38.5 Å². The Morgan fingerprint density at radius 1 is 0.857 bits per heavy atom. The first-order valence-electron chi connectivity index (χ1n) is 14.4. The summed E-state index contributed by atoms with van der Waals surface area (Å²) in [6.45, 7) is 2.02. The van der Waals surface area contributed by atoms with Gasteiger partial charge in [0.1, 0.15) is 17.4 Å². The van der Waals surface area contributed by atoms with Gasteiger partial charge >= 0.3 is 0 Å². The van der Waals surface area contributed by atoms with Crippen molar-refractivity contribution in [1.82, 2.24) is 9.55 Å². The summed E-state index contributed by atoms with van der Waals surface area (Å²) >= 11 is 0. The van der Waals surface area contributed by atoms with Gasteiger partial charge in [-0.05, 0) is 71.8 Å². The molecule has 1 heterocycles. The van der Waals surface area contributed by atoms with E-state index >= 15 is 0 Å². The molecule has 2 atom stereocenters. The third kappa shape index (κ3) is 6.50. The zero-order valence-corrected chi connectivity index (χ0v) is 24.1. The molecule has 0 aliphatic heterocycles. The summed E-state index contributed by atoms with van der Waals surface area (Å²) in [5, 5.41) is 10.5. The van der Waals surface area contributed by atoms with Crippen molar-refractivity contribution in [2.24, 2.45) is 5.92 Å². The maximum atomic E-state index is 13.8. The molecule has 214 valence electrons. The quantitative estimate of drug-likeness (QED) is 0.182. The molecule has 0 amide bonds. The summed E-state index contributed by atoms with van der Waals surface area (Å²) in [7, 11) is 1.60. The third-order valence-corrected chi connectivity index (χ3v) is 8.00. The van der Waals surface area contributed by atoms with Crippen LogP contribution in [0.1, 0.15) is 43.5 Å². The number of ketones is 1. The number of benzene rings is 4. The summed E-state index contributed by atoms with van der Waals surface area (Å²) < 4.78 is 6.97. The van der Waals surface area contributed by atoms with Gasteiger partial charge in [-0.15, -0.1) is 0 Å². The van der Waals surface area contributed by atoms with Crippen LogP contribution in [0, 0.1) is 5.92 Å². The number of nitrogens with zero attached hydrogens (tertiary/aromatic N) is 2. The number of hydrogen-bond donors (Lipinski definition) is 1. The lowest BCUT2D eigenvalue weighted by Crippen LogP contribution is -2.28. The summed E-state index contributed by atoms with van der Waals surface area (Å²) in [6, 6.07) is 33.0. The number of fused-ring (bicyclic) bond motifs is 1. The third-order valence-electron chi connectivity index (χ3n) is 8.00. The number of carbonyl (C=O) groups excluding carboxylic acids is 1. The number of hydrogen-bond acceptors (Lipinski definition) is 5. The Bertz CT molecular complexity index is 1690. The van der Waals surface area contributed by atoms with Crippen molar-refractivity contribution in [3.63, 3.8) is 0 Å². The van der Waals surface area contributed by atoms with E-state index in [0.717, 1.165) is 16.7 Å². The van der Waals surface area contributed by atoms with Gasteiger partial charge in [0.2, 0.25) is 0 Å². The van der Waals surface area contributed by atoms with Gasteiger partial charge in [-0.2, -0.15) is 0 Å². The van der Waals surface area contributed by atoms with Crippen molar-refractivity contribution < 1.29 is 14.6 Å². The fraction of sp³-hybridized carbons (Fsp3) is 0.250. The van der Waals surface area contributed by atoms with Crippen molar-refractivity contribution >= 4 is 16.7 Å². The smallest absolute Gasteiger partial charge is 0.265 e. The molecule has 1 N–H and O–H groups in total. The first-order chi connectivity index (χ1) is 20.5. The van der Waals surface area contributed by atoms with Gasteiger partial charge in [-0.1, -0.05) is 73.7 Å². The van der Waals surface area contributed by atoms with Crippen LogP contribution >= 0.6 is 0 Å². The Labute approximate surface area is 246 Å². The van der Waals surface area contributed by atoms with E-state index in [1.807, 2.05) is 79.7 Å². The number of aliphatic hydroxyl groups excluding tert-OH is 1. The SMILES string of the molecule is COc1ccc(-n2c(C(C)C(CCO)CCC(=O)Cc3ccc(-c4ccccc4)cc3)nc3ccccc3c2=O)cc1. The van der Waals surface area contributed by atoms with Crippen molar-refractivity contribution in [2.75, 3.05) is 13.7 Å². The fourth-order valence-corrected chi connectivity index (χ4v) is 5.57. The van der Waals surface area contributed by atoms with Crippen LogP contribution in [0.5, 0.6) is 5.75 Å². The van der Waals surface area contributed by atoms with E-state index in [1.54, 1.807) is 17.7 Å². The van der Waals surface area contributed by atoms with Crippen molar-refractivity contribution in [1.29, 1.82) is 0 Å². The molecule has 5 rings (SSSR count). The minimum Gasteiger partial charge on any atom is -0.497 e. The van der Waals surface area contributed by atoms with E-state index < -0.39 is 0 Å². The maximum Gasteiger partial charge on any atom is 0.265 e. The normalized spacial score (nSPS) is 12.6. The van der Waals surface area contributed by atoms with E-state index in [1.165, 1.54) is 0 Å². The summed E-state index contributed by atoms with van der Waals surface area (Å²) in [6.07, 6.45) is 1.84. The first kappa shape index (κ1) is 29.0. The van der Waals surface area contributed by atoms with Crippen LogP contribution in [0.15, 0.2) is 108 Å². The lowest BCUT2D eigenvalue weighted by atomic mass is 9.85. The zero-order chi connectivity index (χ0) is 29.5. The Morgan fingerprint density at radius 3 is 2.21 bits per heavy atom. The summed E-state index contributed by atoms with van der Waals surface area (Å²) in [5.74, 6) is 1.23. The minimum atomic E-state index is -0.186. The van der Waals surface area contributed by atoms with Crippen LogP contribution in [0.2, 0.25) is 0 Å². The first-order valence-corrected chi connectivity index (χ1v) is 14.4. The number of rotatable bonds is 12. The molecule has 0 aliphatic rings. The van der Waals surface area contributed by atoms with Gasteiger partial charge < -0.3 is 9.84 Å². The van der Waals surface area contributed by atoms with Crippen LogP contribution in [0.25, 0.3) is 27.7 Å². The van der Waals surface area contributed by atoms with E-state index in [-0.39, 0.29) is 29.8 Å². The van der Waals surface area contributed by atoms with Gasteiger partial charge in [0, 0.05) is 25.4 Å². The number of carbonyl (C=O) groups is 1. The Hall–Kier alpha value is -4.55. The molecule has 0 bridgehead atoms. The highest BCUT2D eigenvalue weighted by Crippen LogP contribution is 2.31. The lowest BCUT2D eigenvalue weighted by Gasteiger charge is -2.26. The molecule has 0 saturated carbocycles. The summed E-state index contributed by atoms with van der Waals surface area (Å²) in [4.78, 5) is 31.8. The average Bonchev–Trinajstić information content (AvgIpc) is 3.03. The molecule has 5 aromatic rings. The van der Waals surface area contributed by atoms with Crippen LogP contribution in [0.3, 0.4) is 0 Å². The van der Waals surface area contributed by atoms with Crippen molar-refractivity contribution in [3.05, 3.63) is 125 Å². The topological polar surface area (TPSA) is 81.4 Å². The maximum absolute atomic E-state index is 13.8. The highest BCUT2D eigenvalue weighted by molar-refractivity contribution is 5.81. The standard InChI is InChI=1S/C36H36N2O4/c1-25(35-37-34-11-7-6-10-33(34)36(41)38(35)30-17-20-32(42-2)21-18-30)27(22-23-39)16-19-31(40)24-26-12-14-29(15-13-26)28-8-4-3-5-9-28/h3-15,17-18,20-21,25,27,39H,16,19,22-24H2,1-2H3. The van der Waals surface area contributed by atoms with E-state index in [9.17, 15) is 14.7 Å². The number of methoxy groups -OCH3 is 1. The molecular weight excluding hydrogens is 524 g/mol. The van der Waals surface area contributed by atoms with Crippen molar-refractivity contribution in [3.8, 4) is 22.6 Å². The lowest BCUT2D eigenvalue weighted by molar-refractivity contribution is -0.118. The number of para-hydroxylation sites is 1. The molecule has 0 aliphatic carbocycles. The van der Waals surface area contributed by atoms with Crippen LogP contribution in [0.4, 0.5) is 0 Å². The Morgan fingerprint density at radius 2 is 1.52 bits per heavy atom. The predicted molar refractivity (Wildman–Crippen MR) is 167 cm³/mol. The zero-order valence-electron chi connectivity index (χ0n) is 24.1. The second-order valence-corrected chi connectivity index (χ2v) is 10.7. The Kier molecular flexibility index (Phi) is 9.25. The second kappa shape index (κ2) is 13.4. The molecular formula is C36H36N2O4. The molecule has 6 nitrogen and oxygen atoms in total. The van der Waals surface area contributed by atoms with Gasteiger partial charge in [-0.3, -0.25) is 14.2 Å². The number of aliphatic hydroxyl groups is 1. The van der Waals surface area contributed by atoms with Gasteiger partial charge in [0.25, 0.3) is 5.56 Å². The predicted octanol–water partition coefficient (Wildman–Crippen LogP) is 6.76. The number of Topliss-reactive ketones (excluding diaryl/α,β-unsaturated/α-hetero) is 1. The van der Waals surface area contributed by atoms with Crippen LogP contribution in [-0.4, -0.2) is 34.2 Å². The highest BCUT2D eigenvalue weighted by Gasteiger charge is 2.26. The number of aromatic nitrogens is 2. The van der Waals surface area contributed by atoms with E-state index in [0.29, 0.717) is 53.8 Å². The Balaban J connectivity index is 1.36. The van der Waals surface area contributed by atoms with Crippen LogP contribution in [-0.2, 0) is 11.2 Å². The monoisotopic (exact) mass is 560 g/mol. The van der Waals surface area contributed by atoms with Gasteiger partial charge in [0.05, 0.1) is 23.7 Å². The molecule has 4 aromatic carbocycles. The largest absolute Gasteiger partial charge is 0.497 e. The molecule has 42 heavy (non-hydrogen) atoms. The molecule has 6 heteroatoms. The molecule has 1 aromatic heterocycles. The molecule has 0 spiro atoms. The average molecular weight is 561 g/mol. The highest BCUT2D eigenvalue weighted by atomic mass is 16.5. The minimum absolute atomic E-state index is 0.00943. The second-order valence-electron chi connectivity index (χ2n) is 10.7. The van der Waals surface area contributed by atoms with Gasteiger partial charge in [0.15, 0.2) is 0 Å². The molecule has 0 radical (unpaired) electrons. The molecule has 2 unspecified atom stereocenters. The summed E-state index contributed by atoms with van der Waals surface area (Å²) in [5.41, 5.74) is 4.42. The fourth-order valence-electron chi connectivity index (χ4n) is 5.57.